The number of carbonyl (C=O) groups excluding carboxylic acids is 1. The fourth-order valence-corrected chi connectivity index (χ4v) is 4.97. The zero-order chi connectivity index (χ0) is 28.1. The molecule has 0 saturated carbocycles. The van der Waals surface area contributed by atoms with Crippen LogP contribution in [0.5, 0.6) is 0 Å². The average Bonchev–Trinajstić information content (AvgIpc) is 2.74. The van der Waals surface area contributed by atoms with Gasteiger partial charge < -0.3 is 25.2 Å². The Kier molecular flexibility index (Phi) is 9.89. The van der Waals surface area contributed by atoms with Crippen molar-refractivity contribution < 1.29 is 38.0 Å². The van der Waals surface area contributed by atoms with Crippen LogP contribution in [0.4, 0.5) is 10.3 Å². The van der Waals surface area contributed by atoms with Gasteiger partial charge in [0.1, 0.15) is 5.82 Å². The van der Waals surface area contributed by atoms with Crippen molar-refractivity contribution in [2.24, 2.45) is 0 Å². The first kappa shape index (κ1) is 30.3. The Morgan fingerprint density at radius 1 is 1.19 bits per heavy atom. The molecule has 2 rings (SSSR count). The molecule has 0 bridgehead atoms. The highest BCUT2D eigenvalue weighted by molar-refractivity contribution is 7.92. The van der Waals surface area contributed by atoms with E-state index in [9.17, 15) is 38.0 Å². The molecular formula is C25H33FN3O7S-. The molecule has 2 atom stereocenters. The van der Waals surface area contributed by atoms with Crippen molar-refractivity contribution in [2.75, 3.05) is 17.1 Å². The van der Waals surface area contributed by atoms with Gasteiger partial charge in [0.25, 0.3) is 0 Å². The third-order valence-electron chi connectivity index (χ3n) is 5.26. The van der Waals surface area contributed by atoms with E-state index in [1.807, 2.05) is 13.8 Å². The number of aromatic nitrogens is 2. The predicted molar refractivity (Wildman–Crippen MR) is 135 cm³/mol. The van der Waals surface area contributed by atoms with Crippen LogP contribution in [0.1, 0.15) is 57.7 Å². The second kappa shape index (κ2) is 12.1. The van der Waals surface area contributed by atoms with Crippen molar-refractivity contribution in [3.8, 4) is 11.3 Å². The number of carboxylic acids is 1. The molecule has 1 heterocycles. The summed E-state index contributed by atoms with van der Waals surface area (Å²) in [5.41, 5.74) is 0.0537. The Morgan fingerprint density at radius 2 is 1.78 bits per heavy atom. The molecule has 1 aromatic carbocycles. The molecule has 0 unspecified atom stereocenters. The first-order valence-electron chi connectivity index (χ1n) is 11.6. The molecule has 204 valence electrons. The summed E-state index contributed by atoms with van der Waals surface area (Å²) < 4.78 is 40.4. The van der Waals surface area contributed by atoms with Crippen molar-refractivity contribution in [3.63, 3.8) is 0 Å². The summed E-state index contributed by atoms with van der Waals surface area (Å²) in [6.07, 6.45) is -0.593. The molecule has 0 saturated heterocycles. The Balaban J connectivity index is 2.64. The fraction of sp³-hybridized carbons (Fsp3) is 0.480. The second-order valence-electron chi connectivity index (χ2n) is 9.76. The largest absolute Gasteiger partial charge is 0.550 e. The van der Waals surface area contributed by atoms with Crippen LogP contribution in [0.3, 0.4) is 0 Å². The van der Waals surface area contributed by atoms with Crippen molar-refractivity contribution in [1.29, 1.82) is 0 Å². The van der Waals surface area contributed by atoms with Gasteiger partial charge in [-0.15, -0.1) is 0 Å². The minimum absolute atomic E-state index is 0.158. The molecule has 2 aromatic rings. The Hall–Kier alpha value is -2.93. The quantitative estimate of drug-likeness (QED) is 0.360. The number of anilines is 1. The molecule has 0 radical (unpaired) electrons. The van der Waals surface area contributed by atoms with Crippen molar-refractivity contribution in [1.82, 2.24) is 9.97 Å². The number of sulfonamides is 1. The molecule has 12 heteroatoms. The van der Waals surface area contributed by atoms with Gasteiger partial charge in [0.05, 0.1) is 34.9 Å². The highest BCUT2D eigenvalue weighted by atomic mass is 32.2. The van der Waals surface area contributed by atoms with E-state index in [2.05, 4.69) is 9.97 Å². The van der Waals surface area contributed by atoms with Gasteiger partial charge in [-0.1, -0.05) is 26.0 Å². The minimum atomic E-state index is -4.02. The SMILES string of the molecule is CC(C)c1nc(N(C)S(=O)(=O)CC(C)(C)O)nc(-c2ccc(F)cc2)c1/C=C/[C@@H](O)C[C@@H](O)CC(=O)[O-]. The minimum Gasteiger partial charge on any atom is -0.550 e. The standard InChI is InChI=1S/C25H34FN3O7S/c1-15(2)22-20(11-10-18(30)12-19(31)13-21(32)33)23(16-6-8-17(26)9-7-16)28-24(27-22)29(5)37(35,36)14-25(3,4)34/h6-11,15,18-19,30-31,34H,12-14H2,1-5H3,(H,32,33)/p-1/b11-10+/t18-,19-/m1/s1. The summed E-state index contributed by atoms with van der Waals surface area (Å²) in [4.78, 5) is 19.6. The molecule has 1 aromatic heterocycles. The van der Waals surface area contributed by atoms with E-state index in [1.54, 1.807) is 0 Å². The zero-order valence-corrected chi connectivity index (χ0v) is 22.2. The molecule has 0 aliphatic heterocycles. The number of hydrogen-bond acceptors (Lipinski definition) is 9. The molecule has 37 heavy (non-hydrogen) atoms. The number of carbonyl (C=O) groups is 1. The third-order valence-corrected chi connectivity index (χ3v) is 7.33. The highest BCUT2D eigenvalue weighted by Gasteiger charge is 2.30. The summed E-state index contributed by atoms with van der Waals surface area (Å²) in [6.45, 7) is 6.38. The number of nitrogens with zero attached hydrogens (tertiary/aromatic N) is 3. The summed E-state index contributed by atoms with van der Waals surface area (Å²) in [7, 11) is -2.75. The maximum absolute atomic E-state index is 13.6. The van der Waals surface area contributed by atoms with Crippen molar-refractivity contribution in [3.05, 3.63) is 47.4 Å². The van der Waals surface area contributed by atoms with E-state index < -0.39 is 51.8 Å². The zero-order valence-electron chi connectivity index (χ0n) is 21.4. The summed E-state index contributed by atoms with van der Waals surface area (Å²) >= 11 is 0. The van der Waals surface area contributed by atoms with Gasteiger partial charge in [0.2, 0.25) is 16.0 Å². The molecular weight excluding hydrogens is 505 g/mol. The van der Waals surface area contributed by atoms with E-state index in [0.717, 1.165) is 4.31 Å². The summed E-state index contributed by atoms with van der Waals surface area (Å²) in [5.74, 6) is -2.91. The summed E-state index contributed by atoms with van der Waals surface area (Å²) in [5, 5.41) is 40.8. The molecule has 0 fully saturated rings. The number of halogens is 1. The number of hydrogen-bond donors (Lipinski definition) is 3. The van der Waals surface area contributed by atoms with Crippen LogP contribution < -0.4 is 9.41 Å². The normalized spacial score (nSPS) is 14.2. The number of rotatable bonds is 12. The average molecular weight is 539 g/mol. The fourth-order valence-electron chi connectivity index (χ4n) is 3.56. The van der Waals surface area contributed by atoms with Crippen molar-refractivity contribution in [2.45, 2.75) is 64.3 Å². The van der Waals surface area contributed by atoms with Gasteiger partial charge in [0.15, 0.2) is 0 Å². The topological polar surface area (TPSA) is 164 Å². The molecule has 0 aliphatic carbocycles. The number of benzene rings is 1. The van der Waals surface area contributed by atoms with E-state index in [4.69, 9.17) is 0 Å². The van der Waals surface area contributed by atoms with Crippen LogP contribution in [0.2, 0.25) is 0 Å². The Bertz CT molecular complexity index is 1230. The number of carboxylic acid groups (broad SMARTS) is 1. The van der Waals surface area contributed by atoms with Crippen LogP contribution in [0, 0.1) is 5.82 Å². The van der Waals surface area contributed by atoms with Crippen LogP contribution in [-0.4, -0.2) is 70.3 Å². The lowest BCUT2D eigenvalue weighted by Crippen LogP contribution is -2.39. The van der Waals surface area contributed by atoms with E-state index in [-0.39, 0.29) is 24.0 Å². The Labute approximate surface area is 216 Å². The van der Waals surface area contributed by atoms with Crippen molar-refractivity contribution >= 4 is 28.0 Å². The van der Waals surface area contributed by atoms with Gasteiger partial charge in [-0.2, -0.15) is 0 Å². The van der Waals surface area contributed by atoms with Gasteiger partial charge >= 0.3 is 0 Å². The van der Waals surface area contributed by atoms with Crippen LogP contribution in [-0.2, 0) is 14.8 Å². The Morgan fingerprint density at radius 3 is 2.30 bits per heavy atom. The molecule has 0 spiro atoms. The lowest BCUT2D eigenvalue weighted by atomic mass is 9.97. The molecule has 3 N–H and O–H groups in total. The van der Waals surface area contributed by atoms with Gasteiger partial charge in [-0.05, 0) is 44.0 Å². The number of aliphatic hydroxyl groups is 3. The second-order valence-corrected chi connectivity index (χ2v) is 11.8. The lowest BCUT2D eigenvalue weighted by molar-refractivity contribution is -0.307. The smallest absolute Gasteiger partial charge is 0.240 e. The molecule has 0 amide bonds. The van der Waals surface area contributed by atoms with Gasteiger partial charge in [0, 0.05) is 37.0 Å². The first-order chi connectivity index (χ1) is 17.0. The lowest BCUT2D eigenvalue weighted by Gasteiger charge is -2.25. The molecule has 10 nitrogen and oxygen atoms in total. The maximum Gasteiger partial charge on any atom is 0.240 e. The van der Waals surface area contributed by atoms with E-state index in [1.165, 1.54) is 57.3 Å². The van der Waals surface area contributed by atoms with Crippen LogP contribution >= 0.6 is 0 Å². The molecule has 0 aliphatic rings. The van der Waals surface area contributed by atoms with Crippen LogP contribution in [0.15, 0.2) is 30.3 Å². The van der Waals surface area contributed by atoms with Crippen LogP contribution in [0.25, 0.3) is 17.3 Å². The monoisotopic (exact) mass is 538 g/mol. The van der Waals surface area contributed by atoms with Gasteiger partial charge in [-0.25, -0.2) is 27.1 Å². The number of aliphatic hydroxyl groups excluding tert-OH is 2. The maximum atomic E-state index is 13.6. The number of aliphatic carboxylic acids is 1. The summed E-state index contributed by atoms with van der Waals surface area (Å²) in [6, 6.07) is 5.38. The van der Waals surface area contributed by atoms with Gasteiger partial charge in [-0.3, -0.25) is 0 Å². The third kappa shape index (κ3) is 8.85. The predicted octanol–water partition coefficient (Wildman–Crippen LogP) is 1.21. The highest BCUT2D eigenvalue weighted by Crippen LogP contribution is 2.32. The van der Waals surface area contributed by atoms with E-state index in [0.29, 0.717) is 16.8 Å². The van der Waals surface area contributed by atoms with E-state index >= 15 is 0 Å². The first-order valence-corrected chi connectivity index (χ1v) is 13.2.